The summed E-state index contributed by atoms with van der Waals surface area (Å²) in [6.45, 7) is 4.25. The molecule has 0 saturated carbocycles. The highest BCUT2D eigenvalue weighted by molar-refractivity contribution is 5.75. The molecule has 0 bridgehead atoms. The molecule has 0 aliphatic heterocycles. The van der Waals surface area contributed by atoms with Gasteiger partial charge in [-0.25, -0.2) is 0 Å². The molecule has 14 heavy (non-hydrogen) atoms. The Kier molecular flexibility index (Phi) is 6.80. The summed E-state index contributed by atoms with van der Waals surface area (Å²) in [6, 6.07) is 0. The van der Waals surface area contributed by atoms with Crippen molar-refractivity contribution in [3.05, 3.63) is 0 Å². The topological polar surface area (TPSA) is 58.2 Å². The monoisotopic (exact) mass is 200 g/mol. The van der Waals surface area contributed by atoms with Crippen molar-refractivity contribution in [2.75, 3.05) is 13.6 Å². The maximum atomic E-state index is 11.0. The number of carbonyl (C=O) groups is 2. The summed E-state index contributed by atoms with van der Waals surface area (Å²) >= 11 is 0. The normalized spacial score (nSPS) is 11.9. The molecule has 0 saturated heterocycles. The number of nitrogens with one attached hydrogen (secondary N) is 2. The predicted octanol–water partition coefficient (Wildman–Crippen LogP) is 0.675. The van der Waals surface area contributed by atoms with Crippen molar-refractivity contribution >= 4 is 11.8 Å². The molecule has 2 N–H and O–H groups in total. The van der Waals surface area contributed by atoms with Crippen LogP contribution in [-0.4, -0.2) is 25.4 Å². The fourth-order valence-corrected chi connectivity index (χ4v) is 1.24. The molecule has 0 aromatic rings. The highest BCUT2D eigenvalue weighted by Gasteiger charge is 2.06. The van der Waals surface area contributed by atoms with Crippen molar-refractivity contribution < 1.29 is 9.59 Å². The highest BCUT2D eigenvalue weighted by atomic mass is 16.2. The van der Waals surface area contributed by atoms with Gasteiger partial charge in [-0.3, -0.25) is 9.59 Å². The average Bonchev–Trinajstić information content (AvgIpc) is 2.12. The van der Waals surface area contributed by atoms with Crippen molar-refractivity contribution in [2.45, 2.75) is 33.1 Å². The molecule has 0 unspecified atom stereocenters. The van der Waals surface area contributed by atoms with E-state index in [1.807, 2.05) is 6.92 Å². The lowest BCUT2D eigenvalue weighted by Crippen LogP contribution is -2.23. The van der Waals surface area contributed by atoms with Crippen molar-refractivity contribution in [1.29, 1.82) is 0 Å². The maximum absolute atomic E-state index is 11.0. The zero-order chi connectivity index (χ0) is 11.0. The van der Waals surface area contributed by atoms with E-state index >= 15 is 0 Å². The third-order valence-corrected chi connectivity index (χ3v) is 2.06. The molecule has 4 heteroatoms. The minimum atomic E-state index is 0.00366. The minimum absolute atomic E-state index is 0.00366. The molecule has 0 heterocycles. The van der Waals surface area contributed by atoms with E-state index in [-0.39, 0.29) is 11.8 Å². The number of amides is 2. The van der Waals surface area contributed by atoms with Gasteiger partial charge in [0.25, 0.3) is 0 Å². The van der Waals surface area contributed by atoms with Crippen LogP contribution in [-0.2, 0) is 9.59 Å². The molecule has 0 aromatic carbocycles. The van der Waals surface area contributed by atoms with Gasteiger partial charge in [-0.1, -0.05) is 6.92 Å². The zero-order valence-corrected chi connectivity index (χ0v) is 9.22. The van der Waals surface area contributed by atoms with Crippen LogP contribution in [0.2, 0.25) is 0 Å². The van der Waals surface area contributed by atoms with E-state index in [0.717, 1.165) is 12.8 Å². The lowest BCUT2D eigenvalue weighted by atomic mass is 10.0. The van der Waals surface area contributed by atoms with Gasteiger partial charge in [0, 0.05) is 26.9 Å². The zero-order valence-electron chi connectivity index (χ0n) is 9.22. The first kappa shape index (κ1) is 12.9. The van der Waals surface area contributed by atoms with Gasteiger partial charge < -0.3 is 10.6 Å². The Morgan fingerprint density at radius 2 is 2.00 bits per heavy atom. The summed E-state index contributed by atoms with van der Waals surface area (Å²) in [7, 11) is 1.65. The first-order valence-corrected chi connectivity index (χ1v) is 5.01. The maximum Gasteiger partial charge on any atom is 0.220 e. The van der Waals surface area contributed by atoms with E-state index in [4.69, 9.17) is 0 Å². The van der Waals surface area contributed by atoms with E-state index < -0.39 is 0 Å². The summed E-state index contributed by atoms with van der Waals surface area (Å²) in [5.74, 6) is 0.463. The van der Waals surface area contributed by atoms with E-state index in [1.165, 1.54) is 6.92 Å². The smallest absolute Gasteiger partial charge is 0.220 e. The second kappa shape index (κ2) is 7.35. The Labute approximate surface area is 85.4 Å². The summed E-state index contributed by atoms with van der Waals surface area (Å²) in [5.41, 5.74) is 0. The van der Waals surface area contributed by atoms with Gasteiger partial charge >= 0.3 is 0 Å². The summed E-state index contributed by atoms with van der Waals surface area (Å²) in [5, 5.41) is 5.32. The van der Waals surface area contributed by atoms with Gasteiger partial charge in [0.2, 0.25) is 11.8 Å². The fourth-order valence-electron chi connectivity index (χ4n) is 1.24. The first-order chi connectivity index (χ1) is 6.56. The van der Waals surface area contributed by atoms with Crippen LogP contribution in [0.5, 0.6) is 0 Å². The molecule has 0 rings (SSSR count). The largest absolute Gasteiger partial charge is 0.359 e. The fraction of sp³-hybridized carbons (Fsp3) is 0.800. The SMILES string of the molecule is CNC(=O)C[C@@H](C)CCCNC(C)=O. The van der Waals surface area contributed by atoms with Crippen LogP contribution in [0, 0.1) is 5.92 Å². The Balaban J connectivity index is 3.39. The molecular weight excluding hydrogens is 180 g/mol. The van der Waals surface area contributed by atoms with Gasteiger partial charge in [-0.15, -0.1) is 0 Å². The Morgan fingerprint density at radius 3 is 2.50 bits per heavy atom. The number of rotatable bonds is 6. The van der Waals surface area contributed by atoms with Crippen molar-refractivity contribution in [1.82, 2.24) is 10.6 Å². The number of carbonyl (C=O) groups excluding carboxylic acids is 2. The van der Waals surface area contributed by atoms with Crippen LogP contribution in [0.15, 0.2) is 0 Å². The van der Waals surface area contributed by atoms with Gasteiger partial charge in [0.1, 0.15) is 0 Å². The minimum Gasteiger partial charge on any atom is -0.359 e. The molecule has 0 spiro atoms. The third kappa shape index (κ3) is 7.58. The molecule has 1 atom stereocenters. The van der Waals surface area contributed by atoms with Crippen LogP contribution in [0.4, 0.5) is 0 Å². The molecular formula is C10H20N2O2. The van der Waals surface area contributed by atoms with Crippen LogP contribution >= 0.6 is 0 Å². The molecule has 0 radical (unpaired) electrons. The van der Waals surface area contributed by atoms with Gasteiger partial charge in [0.05, 0.1) is 0 Å². The second-order valence-corrected chi connectivity index (χ2v) is 3.61. The molecule has 0 aliphatic rings. The molecule has 0 aromatic heterocycles. The molecule has 0 fully saturated rings. The number of hydrogen-bond donors (Lipinski definition) is 2. The van der Waals surface area contributed by atoms with Crippen molar-refractivity contribution in [3.8, 4) is 0 Å². The standard InChI is InChI=1S/C10H20N2O2/c1-8(7-10(14)11-3)5-4-6-12-9(2)13/h8H,4-7H2,1-3H3,(H,11,14)(H,12,13)/t8-/m0/s1. The Morgan fingerprint density at radius 1 is 1.36 bits per heavy atom. The molecule has 0 aliphatic carbocycles. The van der Waals surface area contributed by atoms with Gasteiger partial charge in [-0.05, 0) is 18.8 Å². The van der Waals surface area contributed by atoms with Crippen LogP contribution in [0.25, 0.3) is 0 Å². The quantitative estimate of drug-likeness (QED) is 0.619. The van der Waals surface area contributed by atoms with Crippen LogP contribution in [0.3, 0.4) is 0 Å². The summed E-state index contributed by atoms with van der Waals surface area (Å²) in [4.78, 5) is 21.5. The number of hydrogen-bond acceptors (Lipinski definition) is 2. The predicted molar refractivity (Wildman–Crippen MR) is 55.8 cm³/mol. The molecule has 4 nitrogen and oxygen atoms in total. The van der Waals surface area contributed by atoms with Crippen LogP contribution < -0.4 is 10.6 Å². The summed E-state index contributed by atoms with van der Waals surface area (Å²) < 4.78 is 0. The lowest BCUT2D eigenvalue weighted by Gasteiger charge is -2.09. The molecule has 2 amide bonds. The van der Waals surface area contributed by atoms with Crippen molar-refractivity contribution in [2.24, 2.45) is 5.92 Å². The van der Waals surface area contributed by atoms with E-state index in [1.54, 1.807) is 7.05 Å². The first-order valence-electron chi connectivity index (χ1n) is 5.01. The van der Waals surface area contributed by atoms with Gasteiger partial charge in [-0.2, -0.15) is 0 Å². The summed E-state index contributed by atoms with van der Waals surface area (Å²) in [6.07, 6.45) is 2.46. The van der Waals surface area contributed by atoms with E-state index in [0.29, 0.717) is 18.9 Å². The Hall–Kier alpha value is -1.06. The lowest BCUT2D eigenvalue weighted by molar-refractivity contribution is -0.121. The van der Waals surface area contributed by atoms with E-state index in [2.05, 4.69) is 10.6 Å². The highest BCUT2D eigenvalue weighted by Crippen LogP contribution is 2.09. The molecule has 82 valence electrons. The Bertz CT molecular complexity index is 193. The van der Waals surface area contributed by atoms with Gasteiger partial charge in [0.15, 0.2) is 0 Å². The van der Waals surface area contributed by atoms with Crippen molar-refractivity contribution in [3.63, 3.8) is 0 Å². The van der Waals surface area contributed by atoms with Crippen LogP contribution in [0.1, 0.15) is 33.1 Å². The van der Waals surface area contributed by atoms with E-state index in [9.17, 15) is 9.59 Å². The third-order valence-electron chi connectivity index (χ3n) is 2.06. The average molecular weight is 200 g/mol. The second-order valence-electron chi connectivity index (χ2n) is 3.61.